The molecule has 0 bridgehead atoms. The second-order valence-electron chi connectivity index (χ2n) is 9.07. The van der Waals surface area contributed by atoms with E-state index < -0.39 is 17.5 Å². The van der Waals surface area contributed by atoms with Crippen LogP contribution in [-0.2, 0) is 13.1 Å². The Morgan fingerprint density at radius 1 is 1.05 bits per heavy atom. The van der Waals surface area contributed by atoms with Gasteiger partial charge < -0.3 is 24.8 Å². The normalized spacial score (nSPS) is 11.9. The summed E-state index contributed by atoms with van der Waals surface area (Å²) in [5, 5.41) is 22.0. The Kier molecular flexibility index (Phi) is 7.95. The van der Waals surface area contributed by atoms with Crippen molar-refractivity contribution in [2.24, 2.45) is 0 Å². The molecule has 0 aliphatic heterocycles. The molecule has 0 saturated carbocycles. The van der Waals surface area contributed by atoms with Crippen molar-refractivity contribution in [2.45, 2.75) is 40.0 Å². The number of H-pyrrole nitrogens is 1. The lowest BCUT2D eigenvalue weighted by Gasteiger charge is -2.18. The highest BCUT2D eigenvalue weighted by molar-refractivity contribution is 5.75. The first-order valence-corrected chi connectivity index (χ1v) is 12.0. The van der Waals surface area contributed by atoms with E-state index >= 15 is 0 Å². The predicted molar refractivity (Wildman–Crippen MR) is 141 cm³/mol. The number of aromatic nitrogens is 2. The molecule has 4 aromatic rings. The molecule has 194 valence electrons. The summed E-state index contributed by atoms with van der Waals surface area (Å²) in [7, 11) is 0. The van der Waals surface area contributed by atoms with E-state index in [0.29, 0.717) is 12.3 Å². The average molecular weight is 506 g/mol. The number of nitrogens with zero attached hydrogens (tertiary/aromatic N) is 1. The van der Waals surface area contributed by atoms with Gasteiger partial charge >= 0.3 is 11.4 Å². The van der Waals surface area contributed by atoms with Crippen LogP contribution in [0.3, 0.4) is 0 Å². The van der Waals surface area contributed by atoms with Gasteiger partial charge in [-0.2, -0.15) is 0 Å². The lowest BCUT2D eigenvalue weighted by molar-refractivity contribution is 0.0536. The van der Waals surface area contributed by atoms with Crippen LogP contribution in [0.2, 0.25) is 0 Å². The number of hydrogen-bond acceptors (Lipinski definition) is 7. The Morgan fingerprint density at radius 3 is 2.38 bits per heavy atom. The Hall–Kier alpha value is -4.08. The van der Waals surface area contributed by atoms with E-state index in [9.17, 15) is 14.7 Å². The molecular weight excluding hydrogens is 474 g/mol. The van der Waals surface area contributed by atoms with E-state index in [1.54, 1.807) is 0 Å². The Balaban J connectivity index is 1.47. The van der Waals surface area contributed by atoms with Gasteiger partial charge in [-0.05, 0) is 84.0 Å². The SMILES string of the molecule is Cc1cc(OCC(O)CO)cc(C)c1-c1cccc(CNc2ccc(Cn3oc(=O)[nH]c3=O)cc2)c1C. The monoisotopic (exact) mass is 505 g/mol. The minimum atomic E-state index is -0.908. The van der Waals surface area contributed by atoms with E-state index in [0.717, 1.165) is 43.8 Å². The van der Waals surface area contributed by atoms with Crippen LogP contribution in [-0.4, -0.2) is 39.3 Å². The minimum Gasteiger partial charge on any atom is -0.491 e. The third-order valence-electron chi connectivity index (χ3n) is 6.27. The van der Waals surface area contributed by atoms with Crippen LogP contribution in [0.1, 0.15) is 27.8 Å². The number of aliphatic hydroxyl groups excluding tert-OH is 2. The average Bonchev–Trinajstić information content (AvgIpc) is 3.19. The molecule has 4 rings (SSSR count). The Bertz CT molecular complexity index is 1460. The zero-order valence-electron chi connectivity index (χ0n) is 21.1. The van der Waals surface area contributed by atoms with Gasteiger partial charge in [0.05, 0.1) is 13.2 Å². The highest BCUT2D eigenvalue weighted by Crippen LogP contribution is 2.34. The largest absolute Gasteiger partial charge is 0.491 e. The molecule has 0 aliphatic carbocycles. The van der Waals surface area contributed by atoms with Crippen LogP contribution in [0.15, 0.2) is 68.7 Å². The third kappa shape index (κ3) is 6.19. The fourth-order valence-electron chi connectivity index (χ4n) is 4.33. The van der Waals surface area contributed by atoms with Gasteiger partial charge in [0.15, 0.2) is 0 Å². The quantitative estimate of drug-likeness (QED) is 0.261. The molecule has 0 fully saturated rings. The fraction of sp³-hybridized carbons (Fsp3) is 0.286. The van der Waals surface area contributed by atoms with Gasteiger partial charge in [0, 0.05) is 12.2 Å². The van der Waals surface area contributed by atoms with Crippen LogP contribution < -0.4 is 21.5 Å². The molecule has 1 atom stereocenters. The highest BCUT2D eigenvalue weighted by Gasteiger charge is 2.14. The summed E-state index contributed by atoms with van der Waals surface area (Å²) in [6, 6.07) is 17.7. The van der Waals surface area contributed by atoms with E-state index in [-0.39, 0.29) is 19.8 Å². The van der Waals surface area contributed by atoms with Gasteiger partial charge in [-0.3, -0.25) is 0 Å². The molecule has 0 amide bonds. The third-order valence-corrected chi connectivity index (χ3v) is 6.27. The van der Waals surface area contributed by atoms with Gasteiger partial charge in [-0.25, -0.2) is 14.6 Å². The standard InChI is InChI=1S/C28H31N3O6/c1-17-11-24(36-16-23(33)15-32)12-18(2)26(17)25-6-4-5-21(19(25)3)13-29-22-9-7-20(8-10-22)14-31-27(34)30-28(35)37-31/h4-12,23,29,32-33H,13-16H2,1-3H3,(H,30,34,35). The molecule has 0 aliphatic rings. The van der Waals surface area contributed by atoms with Crippen molar-refractivity contribution in [1.82, 2.24) is 9.72 Å². The van der Waals surface area contributed by atoms with Gasteiger partial charge in [-0.1, -0.05) is 30.3 Å². The maximum Gasteiger partial charge on any atom is 0.440 e. The van der Waals surface area contributed by atoms with Crippen molar-refractivity contribution in [3.8, 4) is 16.9 Å². The predicted octanol–water partition coefficient (Wildman–Crippen LogP) is 3.11. The van der Waals surface area contributed by atoms with Gasteiger partial charge in [-0.15, -0.1) is 4.74 Å². The van der Waals surface area contributed by atoms with Crippen molar-refractivity contribution in [2.75, 3.05) is 18.5 Å². The summed E-state index contributed by atoms with van der Waals surface area (Å²) >= 11 is 0. The molecule has 37 heavy (non-hydrogen) atoms. The summed E-state index contributed by atoms with van der Waals surface area (Å²) in [6.07, 6.45) is -0.908. The summed E-state index contributed by atoms with van der Waals surface area (Å²) < 4.78 is 11.4. The molecule has 0 radical (unpaired) electrons. The molecule has 9 heteroatoms. The van der Waals surface area contributed by atoms with Crippen molar-refractivity contribution >= 4 is 5.69 Å². The van der Waals surface area contributed by atoms with Crippen molar-refractivity contribution < 1.29 is 19.5 Å². The number of benzene rings is 3. The number of rotatable bonds is 10. The summed E-state index contributed by atoms with van der Waals surface area (Å²) in [4.78, 5) is 24.9. The summed E-state index contributed by atoms with van der Waals surface area (Å²) in [6.45, 7) is 6.68. The van der Waals surface area contributed by atoms with Crippen LogP contribution in [0, 0.1) is 20.8 Å². The molecule has 9 nitrogen and oxygen atoms in total. The summed E-state index contributed by atoms with van der Waals surface area (Å²) in [5.41, 5.74) is 7.93. The topological polar surface area (TPSA) is 130 Å². The second-order valence-corrected chi connectivity index (χ2v) is 9.07. The van der Waals surface area contributed by atoms with Gasteiger partial charge in [0.2, 0.25) is 0 Å². The number of nitrogens with one attached hydrogen (secondary N) is 2. The molecule has 1 heterocycles. The van der Waals surface area contributed by atoms with Crippen molar-refractivity contribution in [3.63, 3.8) is 0 Å². The molecular formula is C28H31N3O6. The van der Waals surface area contributed by atoms with E-state index in [1.165, 1.54) is 5.56 Å². The highest BCUT2D eigenvalue weighted by atomic mass is 16.5. The number of aryl methyl sites for hydroxylation is 2. The van der Waals surface area contributed by atoms with E-state index in [1.807, 2.05) is 56.3 Å². The number of anilines is 1. The van der Waals surface area contributed by atoms with Crippen LogP contribution in [0.4, 0.5) is 5.69 Å². The zero-order valence-corrected chi connectivity index (χ0v) is 21.1. The van der Waals surface area contributed by atoms with E-state index in [2.05, 4.69) is 29.4 Å². The number of aliphatic hydroxyl groups is 2. The van der Waals surface area contributed by atoms with Crippen LogP contribution >= 0.6 is 0 Å². The fourth-order valence-corrected chi connectivity index (χ4v) is 4.33. The first-order chi connectivity index (χ1) is 17.7. The lowest BCUT2D eigenvalue weighted by atomic mass is 9.90. The first-order valence-electron chi connectivity index (χ1n) is 12.0. The number of ether oxygens (including phenoxy) is 1. The first kappa shape index (κ1) is 26.0. The molecule has 1 unspecified atom stereocenters. The Labute approximate surface area is 213 Å². The maximum absolute atomic E-state index is 11.6. The van der Waals surface area contributed by atoms with Crippen LogP contribution in [0.5, 0.6) is 5.75 Å². The number of aromatic amines is 1. The number of hydrogen-bond donors (Lipinski definition) is 4. The van der Waals surface area contributed by atoms with Crippen molar-refractivity contribution in [3.05, 3.63) is 103 Å². The molecule has 0 spiro atoms. The Morgan fingerprint density at radius 2 is 1.76 bits per heavy atom. The summed E-state index contributed by atoms with van der Waals surface area (Å²) in [5.74, 6) is -0.109. The van der Waals surface area contributed by atoms with Gasteiger partial charge in [0.25, 0.3) is 0 Å². The lowest BCUT2D eigenvalue weighted by Crippen LogP contribution is -2.21. The molecule has 0 saturated heterocycles. The smallest absolute Gasteiger partial charge is 0.440 e. The van der Waals surface area contributed by atoms with Gasteiger partial charge in [0.1, 0.15) is 18.5 Å². The molecule has 4 N–H and O–H groups in total. The van der Waals surface area contributed by atoms with Crippen molar-refractivity contribution in [1.29, 1.82) is 0 Å². The van der Waals surface area contributed by atoms with E-state index in [4.69, 9.17) is 14.4 Å². The second kappa shape index (κ2) is 11.3. The maximum atomic E-state index is 11.6. The minimum absolute atomic E-state index is 0.0386. The van der Waals surface area contributed by atoms with Crippen LogP contribution in [0.25, 0.3) is 11.1 Å². The molecule has 1 aromatic heterocycles. The molecule has 3 aromatic carbocycles. The zero-order chi connectivity index (χ0) is 26.5.